The van der Waals surface area contributed by atoms with Crippen LogP contribution >= 0.6 is 0 Å². The van der Waals surface area contributed by atoms with E-state index in [0.29, 0.717) is 31.6 Å². The van der Waals surface area contributed by atoms with Gasteiger partial charge in [-0.1, -0.05) is 6.07 Å². The van der Waals surface area contributed by atoms with Crippen LogP contribution in [0.1, 0.15) is 44.0 Å². The van der Waals surface area contributed by atoms with Gasteiger partial charge in [0.05, 0.1) is 16.1 Å². The SMILES string of the molecule is CC(C)(C)OC(=O)NC1CCN(c2c(C(N)=O)cccc2S(C)(=O)=O)CC1. The van der Waals surface area contributed by atoms with Crippen molar-refractivity contribution in [2.75, 3.05) is 24.2 Å². The molecule has 1 aliphatic heterocycles. The summed E-state index contributed by atoms with van der Waals surface area (Å²) in [6.45, 7) is 6.34. The number of rotatable bonds is 4. The van der Waals surface area contributed by atoms with Crippen molar-refractivity contribution in [2.24, 2.45) is 5.73 Å². The molecule has 0 aromatic heterocycles. The number of ether oxygens (including phenoxy) is 1. The first-order chi connectivity index (χ1) is 12.4. The molecule has 0 aliphatic carbocycles. The first-order valence-electron chi connectivity index (χ1n) is 8.76. The van der Waals surface area contributed by atoms with E-state index in [4.69, 9.17) is 10.5 Å². The standard InChI is InChI=1S/C18H27N3O5S/c1-18(2,3)26-17(23)20-12-8-10-21(11-9-12)15-13(16(19)22)6-5-7-14(15)27(4,24)25/h5-7,12H,8-11H2,1-4H3,(H2,19,22)(H,20,23). The normalized spacial score (nSPS) is 16.1. The number of primary amides is 1. The number of alkyl carbamates (subject to hydrolysis) is 1. The summed E-state index contributed by atoms with van der Waals surface area (Å²) in [5, 5.41) is 2.83. The number of piperidine rings is 1. The molecule has 9 heteroatoms. The number of nitrogens with zero attached hydrogens (tertiary/aromatic N) is 1. The molecule has 150 valence electrons. The van der Waals surface area contributed by atoms with Crippen LogP contribution in [0.15, 0.2) is 23.1 Å². The second-order valence-electron chi connectivity index (χ2n) is 7.70. The molecule has 0 saturated carbocycles. The maximum Gasteiger partial charge on any atom is 0.407 e. The second-order valence-corrected chi connectivity index (χ2v) is 9.68. The molecule has 1 aliphatic rings. The van der Waals surface area contributed by atoms with Crippen molar-refractivity contribution in [1.82, 2.24) is 5.32 Å². The van der Waals surface area contributed by atoms with Crippen LogP contribution in [0, 0.1) is 0 Å². The van der Waals surface area contributed by atoms with Crippen molar-refractivity contribution in [1.29, 1.82) is 0 Å². The molecule has 0 unspecified atom stereocenters. The van der Waals surface area contributed by atoms with Gasteiger partial charge in [0, 0.05) is 25.4 Å². The van der Waals surface area contributed by atoms with Gasteiger partial charge >= 0.3 is 6.09 Å². The molecule has 8 nitrogen and oxygen atoms in total. The Balaban J connectivity index is 2.16. The van der Waals surface area contributed by atoms with Crippen LogP contribution in [-0.2, 0) is 14.6 Å². The Kier molecular flexibility index (Phi) is 6.04. The van der Waals surface area contributed by atoms with Gasteiger partial charge in [0.25, 0.3) is 5.91 Å². The fourth-order valence-corrected chi connectivity index (χ4v) is 3.98. The zero-order chi connectivity index (χ0) is 20.4. The molecule has 0 radical (unpaired) electrons. The van der Waals surface area contributed by atoms with Crippen LogP contribution in [-0.4, -0.2) is 51.4 Å². The molecular formula is C18H27N3O5S. The van der Waals surface area contributed by atoms with Crippen LogP contribution in [0.3, 0.4) is 0 Å². The molecule has 1 heterocycles. The van der Waals surface area contributed by atoms with Crippen molar-refractivity contribution >= 4 is 27.5 Å². The van der Waals surface area contributed by atoms with E-state index in [0.717, 1.165) is 6.26 Å². The Morgan fingerprint density at radius 3 is 2.30 bits per heavy atom. The summed E-state index contributed by atoms with van der Waals surface area (Å²) in [6.07, 6.45) is 1.81. The highest BCUT2D eigenvalue weighted by Crippen LogP contribution is 2.31. The van der Waals surface area contributed by atoms with Gasteiger partial charge < -0.3 is 20.7 Å². The molecule has 3 N–H and O–H groups in total. The number of hydrogen-bond donors (Lipinski definition) is 2. The zero-order valence-corrected chi connectivity index (χ0v) is 16.9. The van der Waals surface area contributed by atoms with Crippen molar-refractivity contribution in [3.8, 4) is 0 Å². The number of benzene rings is 1. The fraction of sp³-hybridized carbons (Fsp3) is 0.556. The number of hydrogen-bond acceptors (Lipinski definition) is 6. The number of carbonyl (C=O) groups is 2. The zero-order valence-electron chi connectivity index (χ0n) is 16.1. The van der Waals surface area contributed by atoms with Gasteiger partial charge in [-0.05, 0) is 45.7 Å². The van der Waals surface area contributed by atoms with Crippen LogP contribution in [0.5, 0.6) is 0 Å². The molecular weight excluding hydrogens is 370 g/mol. The number of anilines is 1. The third-order valence-electron chi connectivity index (χ3n) is 4.20. The van der Waals surface area contributed by atoms with Gasteiger partial charge in [-0.15, -0.1) is 0 Å². The van der Waals surface area contributed by atoms with Gasteiger partial charge in [0.15, 0.2) is 9.84 Å². The van der Waals surface area contributed by atoms with Crippen molar-refractivity contribution in [2.45, 2.75) is 50.2 Å². The molecule has 2 amide bonds. The lowest BCUT2D eigenvalue weighted by atomic mass is 10.0. The average molecular weight is 397 g/mol. The molecule has 1 aromatic carbocycles. The molecule has 0 bridgehead atoms. The van der Waals surface area contributed by atoms with Gasteiger partial charge in [-0.3, -0.25) is 4.79 Å². The minimum Gasteiger partial charge on any atom is -0.444 e. The fourth-order valence-electron chi connectivity index (χ4n) is 3.07. The first kappa shape index (κ1) is 21.0. The van der Waals surface area contributed by atoms with E-state index >= 15 is 0 Å². The van der Waals surface area contributed by atoms with E-state index in [1.54, 1.807) is 20.8 Å². The van der Waals surface area contributed by atoms with E-state index in [-0.39, 0.29) is 16.5 Å². The smallest absolute Gasteiger partial charge is 0.407 e. The average Bonchev–Trinajstić information content (AvgIpc) is 2.52. The van der Waals surface area contributed by atoms with Crippen LogP contribution in [0.2, 0.25) is 0 Å². The molecule has 27 heavy (non-hydrogen) atoms. The lowest BCUT2D eigenvalue weighted by Gasteiger charge is -2.35. The van der Waals surface area contributed by atoms with Gasteiger partial charge in [0.2, 0.25) is 0 Å². The molecule has 1 fully saturated rings. The van der Waals surface area contributed by atoms with Crippen LogP contribution in [0.4, 0.5) is 10.5 Å². The number of carbonyl (C=O) groups excluding carboxylic acids is 2. The number of nitrogens with two attached hydrogens (primary N) is 1. The maximum atomic E-state index is 12.2. The van der Waals surface area contributed by atoms with Crippen LogP contribution in [0.25, 0.3) is 0 Å². The topological polar surface area (TPSA) is 119 Å². The van der Waals surface area contributed by atoms with E-state index in [1.807, 2.05) is 4.90 Å². The summed E-state index contributed by atoms with van der Waals surface area (Å²) in [5.74, 6) is -0.676. The number of amides is 2. The quantitative estimate of drug-likeness (QED) is 0.798. The summed E-state index contributed by atoms with van der Waals surface area (Å²) < 4.78 is 29.6. The Hall–Kier alpha value is -2.29. The monoisotopic (exact) mass is 397 g/mol. The van der Waals surface area contributed by atoms with E-state index in [1.165, 1.54) is 18.2 Å². The summed E-state index contributed by atoms with van der Waals surface area (Å²) in [5.41, 5.74) is 5.39. The third-order valence-corrected chi connectivity index (χ3v) is 5.32. The Morgan fingerprint density at radius 2 is 1.81 bits per heavy atom. The van der Waals surface area contributed by atoms with Gasteiger partial charge in [-0.25, -0.2) is 13.2 Å². The van der Waals surface area contributed by atoms with Gasteiger partial charge in [0.1, 0.15) is 5.60 Å². The van der Waals surface area contributed by atoms with E-state index in [9.17, 15) is 18.0 Å². The second kappa shape index (κ2) is 7.75. The van der Waals surface area contributed by atoms with Crippen LogP contribution < -0.4 is 16.0 Å². The Labute approximate surface area is 160 Å². The highest BCUT2D eigenvalue weighted by atomic mass is 32.2. The first-order valence-corrected chi connectivity index (χ1v) is 10.6. The number of para-hydroxylation sites is 1. The van der Waals surface area contributed by atoms with E-state index in [2.05, 4.69) is 5.32 Å². The lowest BCUT2D eigenvalue weighted by molar-refractivity contribution is 0.0497. The summed E-state index contributed by atoms with van der Waals surface area (Å²) in [6, 6.07) is 4.43. The number of sulfone groups is 1. The molecule has 0 atom stereocenters. The molecule has 1 saturated heterocycles. The molecule has 1 aromatic rings. The minimum atomic E-state index is -3.53. The lowest BCUT2D eigenvalue weighted by Crippen LogP contribution is -2.46. The summed E-state index contributed by atoms with van der Waals surface area (Å²) >= 11 is 0. The predicted molar refractivity (Wildman–Crippen MR) is 103 cm³/mol. The predicted octanol–water partition coefficient (Wildman–Crippen LogP) is 1.68. The van der Waals surface area contributed by atoms with Crippen molar-refractivity contribution < 1.29 is 22.7 Å². The Morgan fingerprint density at radius 1 is 1.22 bits per heavy atom. The third kappa shape index (κ3) is 5.59. The molecule has 2 rings (SSSR count). The number of nitrogens with one attached hydrogen (secondary N) is 1. The molecule has 0 spiro atoms. The largest absolute Gasteiger partial charge is 0.444 e. The summed E-state index contributed by atoms with van der Waals surface area (Å²) in [7, 11) is -3.53. The Bertz CT molecular complexity index is 822. The highest BCUT2D eigenvalue weighted by Gasteiger charge is 2.28. The summed E-state index contributed by atoms with van der Waals surface area (Å²) in [4.78, 5) is 25.7. The van der Waals surface area contributed by atoms with Crippen molar-refractivity contribution in [3.63, 3.8) is 0 Å². The van der Waals surface area contributed by atoms with Crippen molar-refractivity contribution in [3.05, 3.63) is 23.8 Å². The minimum absolute atomic E-state index is 0.0809. The van der Waals surface area contributed by atoms with Gasteiger partial charge in [-0.2, -0.15) is 0 Å². The highest BCUT2D eigenvalue weighted by molar-refractivity contribution is 7.90. The maximum absolute atomic E-state index is 12.2. The van der Waals surface area contributed by atoms with E-state index < -0.39 is 27.4 Å².